The maximum atomic E-state index is 10.6. The molecule has 0 bridgehead atoms. The summed E-state index contributed by atoms with van der Waals surface area (Å²) in [5.74, 6) is -1.18. The van der Waals surface area contributed by atoms with Gasteiger partial charge in [-0.3, -0.25) is 9.59 Å². The fourth-order valence-corrected chi connectivity index (χ4v) is 0.479. The van der Waals surface area contributed by atoms with E-state index >= 15 is 0 Å². The zero-order chi connectivity index (χ0) is 8.85. The third kappa shape index (κ3) is 4.50. The van der Waals surface area contributed by atoms with Crippen molar-refractivity contribution in [3.05, 3.63) is 0 Å². The molecule has 0 aliphatic carbocycles. The van der Waals surface area contributed by atoms with Gasteiger partial charge in [-0.25, -0.2) is 0 Å². The van der Waals surface area contributed by atoms with E-state index in [1.54, 1.807) is 6.92 Å². The van der Waals surface area contributed by atoms with Crippen LogP contribution < -0.4 is 5.32 Å². The molecule has 0 fully saturated rings. The molecule has 64 valence electrons. The maximum absolute atomic E-state index is 10.6. The number of nitrogens with one attached hydrogen (secondary N) is 1. The summed E-state index contributed by atoms with van der Waals surface area (Å²) in [4.78, 5) is 20.9. The molecular formula is C7H13NO3. The summed E-state index contributed by atoms with van der Waals surface area (Å²) >= 11 is 0. The summed E-state index contributed by atoms with van der Waals surface area (Å²) in [6.07, 6.45) is 0.0105. The predicted octanol–water partition coefficient (Wildman–Crippen LogP) is -0.538. The lowest BCUT2D eigenvalue weighted by atomic mass is 10.3. The highest BCUT2D eigenvalue weighted by Gasteiger charge is 2.08. The van der Waals surface area contributed by atoms with Crippen LogP contribution in [0.3, 0.4) is 0 Å². The van der Waals surface area contributed by atoms with Gasteiger partial charge in [-0.15, -0.1) is 0 Å². The quantitative estimate of drug-likeness (QED) is 0.541. The minimum absolute atomic E-state index is 0.148. The highest BCUT2D eigenvalue weighted by molar-refractivity contribution is 6.35. The number of aliphatic hydroxyl groups is 1. The fraction of sp³-hybridized carbons (Fsp3) is 0.714. The Morgan fingerprint density at radius 2 is 2.09 bits per heavy atom. The molecule has 2 N–H and O–H groups in total. The van der Waals surface area contributed by atoms with E-state index in [-0.39, 0.29) is 6.54 Å². The molecule has 0 rings (SSSR count). The Bertz CT molecular complexity index is 156. The summed E-state index contributed by atoms with van der Waals surface area (Å²) in [6.45, 7) is 3.13. The number of ketones is 1. The third-order valence-electron chi connectivity index (χ3n) is 1.29. The number of carbonyl (C=O) groups excluding carboxylic acids is 2. The van der Waals surface area contributed by atoms with Gasteiger partial charge in [-0.1, -0.05) is 6.92 Å². The Morgan fingerprint density at radius 3 is 2.45 bits per heavy atom. The minimum atomic E-state index is -0.641. The van der Waals surface area contributed by atoms with Gasteiger partial charge in [0.2, 0.25) is 5.78 Å². The fourth-order valence-electron chi connectivity index (χ4n) is 0.479. The normalized spacial score (nSPS) is 12.3. The van der Waals surface area contributed by atoms with E-state index in [1.807, 2.05) is 0 Å². The van der Waals surface area contributed by atoms with Crippen LogP contribution in [0.2, 0.25) is 0 Å². The van der Waals surface area contributed by atoms with Gasteiger partial charge < -0.3 is 10.4 Å². The van der Waals surface area contributed by atoms with E-state index in [4.69, 9.17) is 5.11 Å². The number of rotatable bonds is 4. The van der Waals surface area contributed by atoms with Crippen LogP contribution >= 0.6 is 0 Å². The summed E-state index contributed by atoms with van der Waals surface area (Å²) in [5.41, 5.74) is 0. The number of hydrogen-bond acceptors (Lipinski definition) is 3. The minimum Gasteiger partial charge on any atom is -0.391 e. The van der Waals surface area contributed by atoms with Gasteiger partial charge in [0.1, 0.15) is 0 Å². The number of Topliss-reactive ketones (excluding diaryl/α,β-unsaturated/α-hetero) is 1. The molecule has 4 heteroatoms. The van der Waals surface area contributed by atoms with Gasteiger partial charge in [-0.2, -0.15) is 0 Å². The molecule has 0 saturated heterocycles. The van der Waals surface area contributed by atoms with Crippen LogP contribution in [0, 0.1) is 0 Å². The second kappa shape index (κ2) is 4.85. The summed E-state index contributed by atoms with van der Waals surface area (Å²) in [6, 6.07) is 0. The van der Waals surface area contributed by atoms with Crippen LogP contribution in [0.4, 0.5) is 0 Å². The van der Waals surface area contributed by atoms with Crippen molar-refractivity contribution in [1.29, 1.82) is 0 Å². The van der Waals surface area contributed by atoms with E-state index < -0.39 is 17.8 Å². The van der Waals surface area contributed by atoms with Gasteiger partial charge in [0.05, 0.1) is 6.10 Å². The van der Waals surface area contributed by atoms with E-state index in [9.17, 15) is 9.59 Å². The van der Waals surface area contributed by atoms with Crippen LogP contribution in [-0.2, 0) is 9.59 Å². The summed E-state index contributed by atoms with van der Waals surface area (Å²) < 4.78 is 0. The Labute approximate surface area is 65.6 Å². The number of carbonyl (C=O) groups is 2. The Balaban J connectivity index is 3.54. The van der Waals surface area contributed by atoms with Crippen LogP contribution in [-0.4, -0.2) is 29.4 Å². The van der Waals surface area contributed by atoms with E-state index in [1.165, 1.54) is 6.92 Å². The van der Waals surface area contributed by atoms with Crippen molar-refractivity contribution in [2.45, 2.75) is 26.4 Å². The molecule has 0 aliphatic rings. The van der Waals surface area contributed by atoms with Crippen molar-refractivity contribution in [2.75, 3.05) is 6.54 Å². The smallest absolute Gasteiger partial charge is 0.287 e. The molecule has 0 unspecified atom stereocenters. The Kier molecular flexibility index (Phi) is 4.45. The molecule has 0 spiro atoms. The summed E-state index contributed by atoms with van der Waals surface area (Å²) in [5, 5.41) is 11.3. The van der Waals surface area contributed by atoms with Gasteiger partial charge in [0.15, 0.2) is 0 Å². The van der Waals surface area contributed by atoms with Crippen molar-refractivity contribution in [2.24, 2.45) is 0 Å². The lowest BCUT2D eigenvalue weighted by Gasteiger charge is -2.07. The molecule has 0 aromatic heterocycles. The molecule has 0 aliphatic heterocycles. The number of amides is 1. The highest BCUT2D eigenvalue weighted by atomic mass is 16.3. The van der Waals surface area contributed by atoms with Gasteiger partial charge in [0.25, 0.3) is 5.91 Å². The lowest BCUT2D eigenvalue weighted by Crippen LogP contribution is -2.35. The van der Waals surface area contributed by atoms with Crippen LogP contribution in [0.5, 0.6) is 0 Å². The predicted molar refractivity (Wildman–Crippen MR) is 40.0 cm³/mol. The second-order valence-corrected chi connectivity index (χ2v) is 2.33. The van der Waals surface area contributed by atoms with Gasteiger partial charge >= 0.3 is 0 Å². The first-order valence-electron chi connectivity index (χ1n) is 3.54. The molecule has 0 heterocycles. The SMILES string of the molecule is CC[C@H](O)CNC(=O)C(C)=O. The average Bonchev–Trinajstić information content (AvgIpc) is 1.99. The largest absolute Gasteiger partial charge is 0.391 e. The van der Waals surface area contributed by atoms with Crippen molar-refractivity contribution < 1.29 is 14.7 Å². The topological polar surface area (TPSA) is 66.4 Å². The van der Waals surface area contributed by atoms with E-state index in [2.05, 4.69) is 5.32 Å². The molecule has 11 heavy (non-hydrogen) atoms. The first kappa shape index (κ1) is 10.1. The number of hydrogen-bond donors (Lipinski definition) is 2. The van der Waals surface area contributed by atoms with Crippen LogP contribution in [0.1, 0.15) is 20.3 Å². The maximum Gasteiger partial charge on any atom is 0.287 e. The standard InChI is InChI=1S/C7H13NO3/c1-3-6(10)4-8-7(11)5(2)9/h6,10H,3-4H2,1-2H3,(H,8,11)/t6-/m0/s1. The first-order chi connectivity index (χ1) is 5.07. The molecule has 0 aromatic carbocycles. The first-order valence-corrected chi connectivity index (χ1v) is 3.54. The average molecular weight is 159 g/mol. The second-order valence-electron chi connectivity index (χ2n) is 2.33. The zero-order valence-electron chi connectivity index (χ0n) is 6.76. The summed E-state index contributed by atoms with van der Waals surface area (Å²) in [7, 11) is 0. The monoisotopic (exact) mass is 159 g/mol. The molecule has 0 aromatic rings. The lowest BCUT2D eigenvalue weighted by molar-refractivity contribution is -0.136. The van der Waals surface area contributed by atoms with Crippen molar-refractivity contribution in [3.8, 4) is 0 Å². The van der Waals surface area contributed by atoms with Crippen molar-refractivity contribution >= 4 is 11.7 Å². The number of aliphatic hydroxyl groups excluding tert-OH is 1. The molecule has 0 radical (unpaired) electrons. The van der Waals surface area contributed by atoms with Gasteiger partial charge in [0, 0.05) is 13.5 Å². The van der Waals surface area contributed by atoms with E-state index in [0.29, 0.717) is 6.42 Å². The molecule has 0 saturated carbocycles. The molecule has 4 nitrogen and oxygen atoms in total. The van der Waals surface area contributed by atoms with Crippen LogP contribution in [0.25, 0.3) is 0 Å². The third-order valence-corrected chi connectivity index (χ3v) is 1.29. The molecule has 1 atom stereocenters. The Hall–Kier alpha value is -0.900. The molecular weight excluding hydrogens is 146 g/mol. The Morgan fingerprint density at radius 1 is 1.55 bits per heavy atom. The van der Waals surface area contributed by atoms with Gasteiger partial charge in [-0.05, 0) is 6.42 Å². The zero-order valence-corrected chi connectivity index (χ0v) is 6.76. The highest BCUT2D eigenvalue weighted by Crippen LogP contribution is 1.85. The van der Waals surface area contributed by atoms with Crippen LogP contribution in [0.15, 0.2) is 0 Å². The van der Waals surface area contributed by atoms with Crippen molar-refractivity contribution in [1.82, 2.24) is 5.32 Å². The molecule has 1 amide bonds. The van der Waals surface area contributed by atoms with Crippen molar-refractivity contribution in [3.63, 3.8) is 0 Å². The van der Waals surface area contributed by atoms with E-state index in [0.717, 1.165) is 0 Å².